The predicted molar refractivity (Wildman–Crippen MR) is 53.4 cm³/mol. The number of fused-ring (bicyclic) bond motifs is 3. The number of rotatable bonds is 0. The lowest BCUT2D eigenvalue weighted by Crippen LogP contribution is -2.42. The zero-order chi connectivity index (χ0) is 12.0. The van der Waals surface area contributed by atoms with Gasteiger partial charge in [0.25, 0.3) is 0 Å². The first kappa shape index (κ1) is 11.0. The molecule has 2 aliphatic rings. The van der Waals surface area contributed by atoms with Crippen molar-refractivity contribution in [2.75, 3.05) is 13.1 Å². The van der Waals surface area contributed by atoms with E-state index in [1.54, 1.807) is 0 Å². The zero-order valence-electron chi connectivity index (χ0n) is 9.17. The lowest BCUT2D eigenvalue weighted by atomic mass is 9.86. The lowest BCUT2D eigenvalue weighted by molar-refractivity contribution is -0.149. The van der Waals surface area contributed by atoms with Crippen LogP contribution in [0.3, 0.4) is 0 Å². The van der Waals surface area contributed by atoms with Crippen molar-refractivity contribution in [3.8, 4) is 0 Å². The van der Waals surface area contributed by atoms with E-state index in [1.165, 1.54) is 4.57 Å². The van der Waals surface area contributed by atoms with Crippen molar-refractivity contribution >= 4 is 0 Å². The van der Waals surface area contributed by atoms with Crippen molar-refractivity contribution in [3.05, 3.63) is 11.6 Å². The van der Waals surface area contributed by atoms with Gasteiger partial charge in [-0.05, 0) is 31.8 Å². The van der Waals surface area contributed by atoms with Crippen LogP contribution in [-0.4, -0.2) is 27.9 Å². The minimum atomic E-state index is -4.40. The molecule has 3 rings (SSSR count). The van der Waals surface area contributed by atoms with E-state index in [0.29, 0.717) is 12.2 Å². The fraction of sp³-hybridized carbons (Fsp3) is 0.800. The minimum absolute atomic E-state index is 0.0911. The molecule has 0 bridgehead atoms. The van der Waals surface area contributed by atoms with E-state index >= 15 is 0 Å². The zero-order valence-corrected chi connectivity index (χ0v) is 9.17. The maximum Gasteiger partial charge on any atom is 0.451 e. The predicted octanol–water partition coefficient (Wildman–Crippen LogP) is 1.39. The maximum atomic E-state index is 12.8. The summed E-state index contributed by atoms with van der Waals surface area (Å²) in [4.78, 5) is 0. The first-order chi connectivity index (χ1) is 8.07. The molecule has 0 aromatic carbocycles. The monoisotopic (exact) mass is 246 g/mol. The quantitative estimate of drug-likeness (QED) is 0.752. The largest absolute Gasteiger partial charge is 0.451 e. The van der Waals surface area contributed by atoms with Crippen molar-refractivity contribution in [2.24, 2.45) is 5.92 Å². The summed E-state index contributed by atoms with van der Waals surface area (Å²) in [5.74, 6) is -0.0714. The molecule has 0 radical (unpaired) electrons. The topological polar surface area (TPSA) is 42.7 Å². The lowest BCUT2D eigenvalue weighted by Gasteiger charge is -2.37. The van der Waals surface area contributed by atoms with Gasteiger partial charge in [0.1, 0.15) is 5.82 Å². The molecular formula is C10H13F3N4. The number of halogens is 3. The molecule has 0 aliphatic carbocycles. The molecule has 3 heterocycles. The van der Waals surface area contributed by atoms with Crippen LogP contribution in [-0.2, 0) is 12.6 Å². The first-order valence-electron chi connectivity index (χ1n) is 5.79. The van der Waals surface area contributed by atoms with Crippen molar-refractivity contribution in [3.63, 3.8) is 0 Å². The molecule has 1 fully saturated rings. The van der Waals surface area contributed by atoms with Gasteiger partial charge in [-0.2, -0.15) is 13.2 Å². The summed E-state index contributed by atoms with van der Waals surface area (Å²) >= 11 is 0. The second kappa shape index (κ2) is 3.69. The van der Waals surface area contributed by atoms with Crippen molar-refractivity contribution in [1.29, 1.82) is 0 Å². The van der Waals surface area contributed by atoms with Gasteiger partial charge in [-0.3, -0.25) is 0 Å². The van der Waals surface area contributed by atoms with Crippen LogP contribution < -0.4 is 5.32 Å². The van der Waals surface area contributed by atoms with Crippen LogP contribution in [0.5, 0.6) is 0 Å². The molecule has 0 spiro atoms. The Balaban J connectivity index is 2.04. The number of aryl methyl sites for hydroxylation is 1. The average molecular weight is 246 g/mol. The van der Waals surface area contributed by atoms with Gasteiger partial charge in [0, 0.05) is 12.5 Å². The SMILES string of the molecule is FC(F)(F)c1nnc2n1[C@H]1CCNC[C@@H]1CC2. The number of aromatic nitrogens is 3. The number of hydrogen-bond donors (Lipinski definition) is 1. The van der Waals surface area contributed by atoms with E-state index in [4.69, 9.17) is 0 Å². The molecule has 2 atom stereocenters. The van der Waals surface area contributed by atoms with Crippen LogP contribution in [0, 0.1) is 5.92 Å². The molecule has 1 saturated heterocycles. The fourth-order valence-electron chi connectivity index (χ4n) is 2.89. The summed E-state index contributed by atoms with van der Waals surface area (Å²) in [6, 6.07) is -0.0911. The molecule has 0 amide bonds. The number of nitrogens with one attached hydrogen (secondary N) is 1. The van der Waals surface area contributed by atoms with E-state index in [-0.39, 0.29) is 12.0 Å². The van der Waals surface area contributed by atoms with Gasteiger partial charge in [0.2, 0.25) is 5.82 Å². The van der Waals surface area contributed by atoms with Crippen LogP contribution in [0.25, 0.3) is 0 Å². The molecule has 2 aliphatic heterocycles. The minimum Gasteiger partial charge on any atom is -0.316 e. The summed E-state index contributed by atoms with van der Waals surface area (Å²) in [5.41, 5.74) is 0. The first-order valence-corrected chi connectivity index (χ1v) is 5.79. The van der Waals surface area contributed by atoms with E-state index in [2.05, 4.69) is 15.5 Å². The number of piperidine rings is 1. The number of alkyl halides is 3. The Labute approximate surface area is 96.2 Å². The van der Waals surface area contributed by atoms with E-state index < -0.39 is 12.0 Å². The Hall–Kier alpha value is -1.11. The number of hydrogen-bond acceptors (Lipinski definition) is 3. The van der Waals surface area contributed by atoms with Crippen LogP contribution >= 0.6 is 0 Å². The molecule has 0 unspecified atom stereocenters. The highest BCUT2D eigenvalue weighted by atomic mass is 19.4. The molecule has 0 saturated carbocycles. The summed E-state index contributed by atoms with van der Waals surface area (Å²) < 4.78 is 39.8. The van der Waals surface area contributed by atoms with Gasteiger partial charge in [-0.15, -0.1) is 10.2 Å². The highest BCUT2D eigenvalue weighted by Crippen LogP contribution is 2.38. The van der Waals surface area contributed by atoms with Crippen molar-refractivity contribution < 1.29 is 13.2 Å². The van der Waals surface area contributed by atoms with Crippen molar-refractivity contribution in [2.45, 2.75) is 31.5 Å². The Morgan fingerprint density at radius 1 is 1.24 bits per heavy atom. The second-order valence-corrected chi connectivity index (χ2v) is 4.67. The Morgan fingerprint density at radius 3 is 2.82 bits per heavy atom. The summed E-state index contributed by atoms with van der Waals surface area (Å²) in [7, 11) is 0. The normalized spacial score (nSPS) is 28.6. The standard InChI is InChI=1S/C10H13F3N4/c11-10(12,13)9-16-15-8-2-1-6-5-14-4-3-7(6)17(8)9/h6-7,14H,1-5H2/t6-,7-/m0/s1. The van der Waals surface area contributed by atoms with Crippen LogP contribution in [0.4, 0.5) is 13.2 Å². The molecule has 7 heteroatoms. The van der Waals surface area contributed by atoms with Crippen LogP contribution in [0.15, 0.2) is 0 Å². The third-order valence-corrected chi connectivity index (χ3v) is 3.66. The Morgan fingerprint density at radius 2 is 2.06 bits per heavy atom. The molecule has 1 aromatic heterocycles. The van der Waals surface area contributed by atoms with Gasteiger partial charge >= 0.3 is 6.18 Å². The fourth-order valence-corrected chi connectivity index (χ4v) is 2.89. The van der Waals surface area contributed by atoms with E-state index in [0.717, 1.165) is 25.9 Å². The molecular weight excluding hydrogens is 233 g/mol. The number of nitrogens with zero attached hydrogens (tertiary/aromatic N) is 3. The van der Waals surface area contributed by atoms with Gasteiger partial charge in [0.15, 0.2) is 0 Å². The van der Waals surface area contributed by atoms with Gasteiger partial charge in [0.05, 0.1) is 0 Å². The van der Waals surface area contributed by atoms with Gasteiger partial charge in [-0.1, -0.05) is 0 Å². The Bertz CT molecular complexity index is 426. The van der Waals surface area contributed by atoms with E-state index in [1.807, 2.05) is 0 Å². The van der Waals surface area contributed by atoms with Gasteiger partial charge in [-0.25, -0.2) is 0 Å². The third kappa shape index (κ3) is 1.72. The molecule has 1 aromatic rings. The van der Waals surface area contributed by atoms with Gasteiger partial charge < -0.3 is 9.88 Å². The smallest absolute Gasteiger partial charge is 0.316 e. The molecule has 4 nitrogen and oxygen atoms in total. The summed E-state index contributed by atoms with van der Waals surface area (Å²) in [5, 5.41) is 10.2. The average Bonchev–Trinajstić information content (AvgIpc) is 2.72. The third-order valence-electron chi connectivity index (χ3n) is 3.66. The maximum absolute atomic E-state index is 12.8. The highest BCUT2D eigenvalue weighted by molar-refractivity contribution is 5.08. The molecule has 1 N–H and O–H groups in total. The Kier molecular flexibility index (Phi) is 2.39. The van der Waals surface area contributed by atoms with Crippen molar-refractivity contribution in [1.82, 2.24) is 20.1 Å². The van der Waals surface area contributed by atoms with Crippen LogP contribution in [0.2, 0.25) is 0 Å². The van der Waals surface area contributed by atoms with Crippen LogP contribution in [0.1, 0.15) is 30.5 Å². The second-order valence-electron chi connectivity index (χ2n) is 4.67. The molecule has 94 valence electrons. The highest BCUT2D eigenvalue weighted by Gasteiger charge is 2.43. The van der Waals surface area contributed by atoms with E-state index in [9.17, 15) is 13.2 Å². The summed E-state index contributed by atoms with van der Waals surface area (Å²) in [6.07, 6.45) is -2.20. The summed E-state index contributed by atoms with van der Waals surface area (Å²) in [6.45, 7) is 1.55. The molecule has 17 heavy (non-hydrogen) atoms.